The molecule has 1 fully saturated rings. The minimum atomic E-state index is -0.281. The van der Waals surface area contributed by atoms with E-state index in [0.29, 0.717) is 30.5 Å². The summed E-state index contributed by atoms with van der Waals surface area (Å²) in [4.78, 5) is 11.6. The van der Waals surface area contributed by atoms with Gasteiger partial charge in [0.05, 0.1) is 6.54 Å². The number of carbonyl (C=O) groups is 1. The lowest BCUT2D eigenvalue weighted by Gasteiger charge is -2.11. The van der Waals surface area contributed by atoms with E-state index in [9.17, 15) is 4.79 Å². The quantitative estimate of drug-likeness (QED) is 0.832. The molecule has 4 nitrogen and oxygen atoms in total. The third-order valence-corrected chi connectivity index (χ3v) is 2.92. The van der Waals surface area contributed by atoms with Gasteiger partial charge < -0.3 is 14.8 Å². The number of nitrogens with one attached hydrogen (secondary N) is 1. The normalized spacial score (nSPS) is 18.6. The number of benzene rings is 1. The Kier molecular flexibility index (Phi) is 4.84. The minimum Gasteiger partial charge on any atom is -0.492 e. The van der Waals surface area contributed by atoms with Gasteiger partial charge in [0.15, 0.2) is 0 Å². The van der Waals surface area contributed by atoms with Crippen molar-refractivity contribution in [2.24, 2.45) is 0 Å². The van der Waals surface area contributed by atoms with Crippen molar-refractivity contribution in [2.45, 2.75) is 18.9 Å². The number of ether oxygens (including phenoxy) is 2. The van der Waals surface area contributed by atoms with Crippen LogP contribution in [-0.2, 0) is 9.53 Å². The van der Waals surface area contributed by atoms with Crippen LogP contribution in [0, 0.1) is 0 Å². The van der Waals surface area contributed by atoms with E-state index in [-0.39, 0.29) is 12.0 Å². The summed E-state index contributed by atoms with van der Waals surface area (Å²) in [5.74, 6) is 0.649. The maximum atomic E-state index is 11.6. The first kappa shape index (κ1) is 13.2. The number of halogens is 1. The van der Waals surface area contributed by atoms with Crippen LogP contribution in [0.1, 0.15) is 12.8 Å². The summed E-state index contributed by atoms with van der Waals surface area (Å²) in [5.41, 5.74) is 0. The van der Waals surface area contributed by atoms with Crippen molar-refractivity contribution >= 4 is 17.5 Å². The Morgan fingerprint density at radius 2 is 2.44 bits per heavy atom. The fraction of sp³-hybridized carbons (Fsp3) is 0.462. The first-order chi connectivity index (χ1) is 8.75. The molecule has 1 amide bonds. The van der Waals surface area contributed by atoms with Gasteiger partial charge in [-0.2, -0.15) is 0 Å². The second-order valence-corrected chi connectivity index (χ2v) is 4.53. The molecule has 0 bridgehead atoms. The zero-order valence-electron chi connectivity index (χ0n) is 10.0. The van der Waals surface area contributed by atoms with Crippen molar-refractivity contribution < 1.29 is 14.3 Å². The molecule has 1 aliphatic rings. The molecule has 0 unspecified atom stereocenters. The molecule has 0 spiro atoms. The van der Waals surface area contributed by atoms with Crippen molar-refractivity contribution in [3.63, 3.8) is 0 Å². The van der Waals surface area contributed by atoms with Crippen LogP contribution in [0.25, 0.3) is 0 Å². The Labute approximate surface area is 111 Å². The number of rotatable bonds is 5. The summed E-state index contributed by atoms with van der Waals surface area (Å²) in [6.07, 6.45) is 1.48. The van der Waals surface area contributed by atoms with Gasteiger partial charge in [-0.15, -0.1) is 0 Å². The lowest BCUT2D eigenvalue weighted by atomic mass is 10.2. The first-order valence-electron chi connectivity index (χ1n) is 6.03. The summed E-state index contributed by atoms with van der Waals surface area (Å²) in [6.45, 7) is 1.56. The summed E-state index contributed by atoms with van der Waals surface area (Å²) in [6, 6.07) is 7.17. The molecule has 1 N–H and O–H groups in total. The molecule has 1 atom stereocenters. The zero-order valence-corrected chi connectivity index (χ0v) is 10.8. The van der Waals surface area contributed by atoms with E-state index in [1.165, 1.54) is 0 Å². The van der Waals surface area contributed by atoms with Crippen LogP contribution in [0.15, 0.2) is 24.3 Å². The Morgan fingerprint density at radius 3 is 3.17 bits per heavy atom. The maximum Gasteiger partial charge on any atom is 0.249 e. The van der Waals surface area contributed by atoms with E-state index < -0.39 is 0 Å². The third kappa shape index (κ3) is 3.89. The molecular formula is C13H16ClNO3. The molecule has 2 rings (SSSR count). The van der Waals surface area contributed by atoms with Gasteiger partial charge in [0.25, 0.3) is 0 Å². The molecule has 0 aliphatic carbocycles. The van der Waals surface area contributed by atoms with Crippen LogP contribution in [0.2, 0.25) is 5.02 Å². The highest BCUT2D eigenvalue weighted by molar-refractivity contribution is 6.30. The van der Waals surface area contributed by atoms with Crippen LogP contribution >= 0.6 is 11.6 Å². The van der Waals surface area contributed by atoms with Gasteiger partial charge in [-0.1, -0.05) is 17.7 Å². The lowest BCUT2D eigenvalue weighted by Crippen LogP contribution is -2.36. The Morgan fingerprint density at radius 1 is 1.56 bits per heavy atom. The van der Waals surface area contributed by atoms with Crippen molar-refractivity contribution in [3.05, 3.63) is 29.3 Å². The second kappa shape index (κ2) is 6.61. The second-order valence-electron chi connectivity index (χ2n) is 4.10. The Balaban J connectivity index is 1.65. The molecule has 0 radical (unpaired) electrons. The van der Waals surface area contributed by atoms with Gasteiger partial charge in [0, 0.05) is 11.6 Å². The maximum absolute atomic E-state index is 11.6. The molecule has 1 saturated heterocycles. The molecule has 1 aliphatic heterocycles. The first-order valence-corrected chi connectivity index (χ1v) is 6.41. The van der Waals surface area contributed by atoms with Gasteiger partial charge in [-0.25, -0.2) is 0 Å². The van der Waals surface area contributed by atoms with E-state index in [0.717, 1.165) is 12.8 Å². The fourth-order valence-electron chi connectivity index (χ4n) is 1.80. The van der Waals surface area contributed by atoms with E-state index in [4.69, 9.17) is 21.1 Å². The SMILES string of the molecule is O=C(NCCOc1cccc(Cl)c1)[C@H]1CCCO1. The average Bonchev–Trinajstić information content (AvgIpc) is 2.88. The predicted octanol–water partition coefficient (Wildman–Crippen LogP) is 2.01. The standard InChI is InChI=1S/C13H16ClNO3/c14-10-3-1-4-11(9-10)17-8-6-15-13(16)12-5-2-7-18-12/h1,3-4,9,12H,2,5-8H2,(H,15,16)/t12-/m1/s1. The van der Waals surface area contributed by atoms with E-state index in [1.54, 1.807) is 12.1 Å². The summed E-state index contributed by atoms with van der Waals surface area (Å²) in [5, 5.41) is 3.42. The minimum absolute atomic E-state index is 0.0535. The molecule has 0 aromatic heterocycles. The van der Waals surface area contributed by atoms with Crippen LogP contribution in [0.5, 0.6) is 5.75 Å². The molecule has 1 aromatic carbocycles. The van der Waals surface area contributed by atoms with Gasteiger partial charge in [0.1, 0.15) is 18.5 Å². The number of hydrogen-bond acceptors (Lipinski definition) is 3. The zero-order chi connectivity index (χ0) is 12.8. The largest absolute Gasteiger partial charge is 0.492 e. The fourth-order valence-corrected chi connectivity index (χ4v) is 1.98. The van der Waals surface area contributed by atoms with E-state index >= 15 is 0 Å². The van der Waals surface area contributed by atoms with Crippen molar-refractivity contribution in [3.8, 4) is 5.75 Å². The van der Waals surface area contributed by atoms with Crippen molar-refractivity contribution in [2.75, 3.05) is 19.8 Å². The Bertz CT molecular complexity index is 405. The molecule has 5 heteroatoms. The smallest absolute Gasteiger partial charge is 0.249 e. The van der Waals surface area contributed by atoms with E-state index in [1.807, 2.05) is 12.1 Å². The van der Waals surface area contributed by atoms with Crippen LogP contribution < -0.4 is 10.1 Å². The molecule has 1 heterocycles. The highest BCUT2D eigenvalue weighted by Crippen LogP contribution is 2.16. The molecule has 0 saturated carbocycles. The van der Waals surface area contributed by atoms with E-state index in [2.05, 4.69) is 5.32 Å². The monoisotopic (exact) mass is 269 g/mol. The number of amides is 1. The number of hydrogen-bond donors (Lipinski definition) is 1. The summed E-state index contributed by atoms with van der Waals surface area (Å²) >= 11 is 5.83. The molecule has 18 heavy (non-hydrogen) atoms. The van der Waals surface area contributed by atoms with Crippen molar-refractivity contribution in [1.29, 1.82) is 0 Å². The van der Waals surface area contributed by atoms with Gasteiger partial charge in [-0.05, 0) is 31.0 Å². The van der Waals surface area contributed by atoms with Crippen LogP contribution in [0.4, 0.5) is 0 Å². The van der Waals surface area contributed by atoms with Crippen LogP contribution in [0.3, 0.4) is 0 Å². The predicted molar refractivity (Wildman–Crippen MR) is 68.9 cm³/mol. The summed E-state index contributed by atoms with van der Waals surface area (Å²) < 4.78 is 10.7. The van der Waals surface area contributed by atoms with Crippen molar-refractivity contribution in [1.82, 2.24) is 5.32 Å². The topological polar surface area (TPSA) is 47.6 Å². The third-order valence-electron chi connectivity index (χ3n) is 2.69. The molecular weight excluding hydrogens is 254 g/mol. The molecule has 98 valence electrons. The van der Waals surface area contributed by atoms with Gasteiger partial charge >= 0.3 is 0 Å². The number of carbonyl (C=O) groups excluding carboxylic acids is 1. The van der Waals surface area contributed by atoms with Gasteiger partial charge in [0.2, 0.25) is 5.91 Å². The lowest BCUT2D eigenvalue weighted by molar-refractivity contribution is -0.130. The average molecular weight is 270 g/mol. The highest BCUT2D eigenvalue weighted by Gasteiger charge is 2.22. The van der Waals surface area contributed by atoms with Crippen LogP contribution in [-0.4, -0.2) is 31.8 Å². The van der Waals surface area contributed by atoms with Gasteiger partial charge in [-0.3, -0.25) is 4.79 Å². The summed E-state index contributed by atoms with van der Waals surface area (Å²) in [7, 11) is 0. The highest BCUT2D eigenvalue weighted by atomic mass is 35.5. The Hall–Kier alpha value is -1.26. The molecule has 1 aromatic rings.